The first-order valence-electron chi connectivity index (χ1n) is 5.61. The largest absolute Gasteiger partial charge is 0.326 e. The van der Waals surface area contributed by atoms with Gasteiger partial charge in [0.25, 0.3) is 5.56 Å². The van der Waals surface area contributed by atoms with E-state index < -0.39 is 0 Å². The fourth-order valence-corrected chi connectivity index (χ4v) is 1.68. The van der Waals surface area contributed by atoms with Crippen LogP contribution in [0.25, 0.3) is 0 Å². The Bertz CT molecular complexity index is 622. The van der Waals surface area contributed by atoms with Gasteiger partial charge in [-0.1, -0.05) is 6.07 Å². The lowest BCUT2D eigenvalue weighted by Gasteiger charge is -2.07. The summed E-state index contributed by atoms with van der Waals surface area (Å²) >= 11 is 0. The molecular formula is C13H14FN3O. The summed E-state index contributed by atoms with van der Waals surface area (Å²) in [7, 11) is 0. The van der Waals surface area contributed by atoms with Gasteiger partial charge in [-0.2, -0.15) is 5.10 Å². The lowest BCUT2D eigenvalue weighted by Crippen LogP contribution is -2.23. The van der Waals surface area contributed by atoms with Crippen molar-refractivity contribution in [1.29, 1.82) is 0 Å². The topological polar surface area (TPSA) is 60.9 Å². The number of rotatable bonds is 3. The molecule has 1 aromatic heterocycles. The Labute approximate surface area is 104 Å². The SMILES string of the molecule is Cc1cnn(Cc2cc(CN)ccc2F)c(=O)c1. The molecule has 0 radical (unpaired) electrons. The molecule has 4 nitrogen and oxygen atoms in total. The van der Waals surface area contributed by atoms with Crippen molar-refractivity contribution in [3.05, 3.63) is 63.3 Å². The number of hydrogen-bond donors (Lipinski definition) is 1. The molecule has 0 bridgehead atoms. The van der Waals surface area contributed by atoms with Gasteiger partial charge in [0.1, 0.15) is 5.82 Å². The van der Waals surface area contributed by atoms with Gasteiger partial charge in [-0.3, -0.25) is 4.79 Å². The second-order valence-corrected chi connectivity index (χ2v) is 4.16. The summed E-state index contributed by atoms with van der Waals surface area (Å²) in [6.45, 7) is 2.23. The van der Waals surface area contributed by atoms with E-state index in [1.165, 1.54) is 16.8 Å². The van der Waals surface area contributed by atoms with Gasteiger partial charge in [-0.25, -0.2) is 9.07 Å². The van der Waals surface area contributed by atoms with Crippen LogP contribution in [0.1, 0.15) is 16.7 Å². The molecule has 0 aliphatic rings. The van der Waals surface area contributed by atoms with Crippen LogP contribution in [0.2, 0.25) is 0 Å². The zero-order chi connectivity index (χ0) is 13.1. The van der Waals surface area contributed by atoms with E-state index in [9.17, 15) is 9.18 Å². The summed E-state index contributed by atoms with van der Waals surface area (Å²) in [5.74, 6) is -0.360. The van der Waals surface area contributed by atoms with Crippen molar-refractivity contribution in [1.82, 2.24) is 9.78 Å². The van der Waals surface area contributed by atoms with Crippen molar-refractivity contribution >= 4 is 0 Å². The number of hydrogen-bond acceptors (Lipinski definition) is 3. The molecule has 2 N–H and O–H groups in total. The quantitative estimate of drug-likeness (QED) is 0.886. The lowest BCUT2D eigenvalue weighted by molar-refractivity contribution is 0.570. The number of nitrogens with two attached hydrogens (primary N) is 1. The van der Waals surface area contributed by atoms with Gasteiger partial charge in [-0.05, 0) is 30.2 Å². The van der Waals surface area contributed by atoms with E-state index in [4.69, 9.17) is 5.73 Å². The maximum Gasteiger partial charge on any atom is 0.267 e. The van der Waals surface area contributed by atoms with Crippen LogP contribution in [0.5, 0.6) is 0 Å². The summed E-state index contributed by atoms with van der Waals surface area (Å²) in [5.41, 5.74) is 7.29. The molecular weight excluding hydrogens is 233 g/mol. The number of nitrogens with zero attached hydrogens (tertiary/aromatic N) is 2. The molecule has 0 atom stereocenters. The molecule has 5 heteroatoms. The third-order valence-electron chi connectivity index (χ3n) is 2.67. The Balaban J connectivity index is 2.36. The molecule has 1 heterocycles. The van der Waals surface area contributed by atoms with Crippen molar-refractivity contribution in [2.24, 2.45) is 5.73 Å². The van der Waals surface area contributed by atoms with Gasteiger partial charge in [0, 0.05) is 18.2 Å². The highest BCUT2D eigenvalue weighted by Gasteiger charge is 2.06. The first kappa shape index (κ1) is 12.4. The molecule has 0 amide bonds. The second-order valence-electron chi connectivity index (χ2n) is 4.16. The van der Waals surface area contributed by atoms with E-state index in [2.05, 4.69) is 5.10 Å². The molecule has 18 heavy (non-hydrogen) atoms. The minimum atomic E-state index is -0.360. The van der Waals surface area contributed by atoms with Crippen molar-refractivity contribution in [3.8, 4) is 0 Å². The van der Waals surface area contributed by atoms with E-state index >= 15 is 0 Å². The molecule has 2 rings (SSSR count). The second kappa shape index (κ2) is 5.10. The monoisotopic (exact) mass is 247 g/mol. The highest BCUT2D eigenvalue weighted by atomic mass is 19.1. The van der Waals surface area contributed by atoms with Crippen LogP contribution in [0.4, 0.5) is 4.39 Å². The molecule has 0 saturated heterocycles. The zero-order valence-corrected chi connectivity index (χ0v) is 10.1. The van der Waals surface area contributed by atoms with Gasteiger partial charge in [0.15, 0.2) is 0 Å². The van der Waals surface area contributed by atoms with E-state index in [1.54, 1.807) is 25.3 Å². The third kappa shape index (κ3) is 2.62. The van der Waals surface area contributed by atoms with Crippen LogP contribution in [0.15, 0.2) is 35.3 Å². The fourth-order valence-electron chi connectivity index (χ4n) is 1.68. The first-order chi connectivity index (χ1) is 8.60. The molecule has 0 spiro atoms. The van der Waals surface area contributed by atoms with Crippen LogP contribution in [-0.2, 0) is 13.1 Å². The highest BCUT2D eigenvalue weighted by molar-refractivity contribution is 5.25. The predicted molar refractivity (Wildman–Crippen MR) is 66.6 cm³/mol. The summed E-state index contributed by atoms with van der Waals surface area (Å²) < 4.78 is 14.8. The third-order valence-corrected chi connectivity index (χ3v) is 2.67. The Kier molecular flexibility index (Phi) is 3.53. The number of benzene rings is 1. The number of aryl methyl sites for hydroxylation is 1. The van der Waals surface area contributed by atoms with Gasteiger partial charge >= 0.3 is 0 Å². The molecule has 0 aliphatic carbocycles. The molecule has 0 fully saturated rings. The maximum atomic E-state index is 13.6. The van der Waals surface area contributed by atoms with E-state index in [0.717, 1.165) is 11.1 Å². The number of halogens is 1. The predicted octanol–water partition coefficient (Wildman–Crippen LogP) is 1.20. The van der Waals surface area contributed by atoms with Crippen molar-refractivity contribution in [2.45, 2.75) is 20.0 Å². The van der Waals surface area contributed by atoms with Gasteiger partial charge in [0.05, 0.1) is 12.7 Å². The Morgan fingerprint density at radius 2 is 2.17 bits per heavy atom. The van der Waals surface area contributed by atoms with Gasteiger partial charge in [-0.15, -0.1) is 0 Å². The molecule has 0 aliphatic heterocycles. The van der Waals surface area contributed by atoms with Crippen LogP contribution >= 0.6 is 0 Å². The van der Waals surface area contributed by atoms with Gasteiger partial charge in [0.2, 0.25) is 0 Å². The maximum absolute atomic E-state index is 13.6. The smallest absolute Gasteiger partial charge is 0.267 e. The summed E-state index contributed by atoms with van der Waals surface area (Å²) in [5, 5.41) is 3.98. The summed E-state index contributed by atoms with van der Waals surface area (Å²) in [6, 6.07) is 6.11. The lowest BCUT2D eigenvalue weighted by atomic mass is 10.1. The van der Waals surface area contributed by atoms with E-state index in [-0.39, 0.29) is 17.9 Å². The van der Waals surface area contributed by atoms with Crippen LogP contribution in [-0.4, -0.2) is 9.78 Å². The van der Waals surface area contributed by atoms with Crippen molar-refractivity contribution in [3.63, 3.8) is 0 Å². The normalized spacial score (nSPS) is 10.6. The van der Waals surface area contributed by atoms with Crippen molar-refractivity contribution < 1.29 is 4.39 Å². The van der Waals surface area contributed by atoms with Crippen LogP contribution < -0.4 is 11.3 Å². The molecule has 2 aromatic rings. The molecule has 0 unspecified atom stereocenters. The summed E-state index contributed by atoms with van der Waals surface area (Å²) in [6.07, 6.45) is 1.58. The Hall–Kier alpha value is -2.01. The molecule has 94 valence electrons. The Morgan fingerprint density at radius 1 is 1.39 bits per heavy atom. The van der Waals surface area contributed by atoms with Crippen LogP contribution in [0, 0.1) is 12.7 Å². The standard InChI is InChI=1S/C13H14FN3O/c1-9-4-13(18)17(16-7-9)8-11-5-10(6-15)2-3-12(11)14/h2-5,7H,6,8,15H2,1H3. The van der Waals surface area contributed by atoms with E-state index in [0.29, 0.717) is 12.1 Å². The Morgan fingerprint density at radius 3 is 2.83 bits per heavy atom. The number of aromatic nitrogens is 2. The fraction of sp³-hybridized carbons (Fsp3) is 0.231. The molecule has 1 aromatic carbocycles. The highest BCUT2D eigenvalue weighted by Crippen LogP contribution is 2.11. The van der Waals surface area contributed by atoms with E-state index in [1.807, 2.05) is 0 Å². The van der Waals surface area contributed by atoms with Gasteiger partial charge < -0.3 is 5.73 Å². The first-order valence-corrected chi connectivity index (χ1v) is 5.61. The average Bonchev–Trinajstić information content (AvgIpc) is 2.35. The molecule has 0 saturated carbocycles. The minimum Gasteiger partial charge on any atom is -0.326 e. The zero-order valence-electron chi connectivity index (χ0n) is 10.1. The van der Waals surface area contributed by atoms with Crippen molar-refractivity contribution in [2.75, 3.05) is 0 Å². The minimum absolute atomic E-state index is 0.110. The average molecular weight is 247 g/mol. The summed E-state index contributed by atoms with van der Waals surface area (Å²) in [4.78, 5) is 11.7. The van der Waals surface area contributed by atoms with Crippen LogP contribution in [0.3, 0.4) is 0 Å².